The number of rotatable bonds is 5. The quantitative estimate of drug-likeness (QED) is 0.370. The van der Waals surface area contributed by atoms with Gasteiger partial charge in [-0.3, -0.25) is 19.3 Å². The van der Waals surface area contributed by atoms with Gasteiger partial charge >= 0.3 is 0 Å². The molecule has 7 nitrogen and oxygen atoms in total. The Morgan fingerprint density at radius 3 is 1.74 bits per heavy atom. The molecule has 0 aromatic heterocycles. The zero-order valence-electron chi connectivity index (χ0n) is 20.8. The van der Waals surface area contributed by atoms with E-state index in [0.29, 0.717) is 39.4 Å². The van der Waals surface area contributed by atoms with Gasteiger partial charge in [-0.15, -0.1) is 23.2 Å². The molecule has 3 amide bonds. The van der Waals surface area contributed by atoms with Crippen molar-refractivity contribution < 1.29 is 23.9 Å². The van der Waals surface area contributed by atoms with Crippen LogP contribution in [0.15, 0.2) is 66.7 Å². The van der Waals surface area contributed by atoms with Crippen molar-refractivity contribution in [2.24, 2.45) is 11.8 Å². The van der Waals surface area contributed by atoms with E-state index in [1.54, 1.807) is 18.2 Å². The maximum Gasteiger partial charge on any atom is 0.247 e. The molecule has 3 aliphatic carbocycles. The number of hydrogen-bond acceptors (Lipinski definition) is 5. The third-order valence-corrected chi connectivity index (χ3v) is 9.34. The summed E-state index contributed by atoms with van der Waals surface area (Å²) in [5.41, 5.74) is 3.21. The molecule has 1 heterocycles. The number of nitrogens with zero attached hydrogens (tertiary/aromatic N) is 1. The van der Waals surface area contributed by atoms with Crippen molar-refractivity contribution in [2.75, 3.05) is 19.5 Å². The van der Waals surface area contributed by atoms with E-state index in [1.165, 1.54) is 21.1 Å². The van der Waals surface area contributed by atoms with E-state index >= 15 is 0 Å². The van der Waals surface area contributed by atoms with Crippen molar-refractivity contribution in [3.63, 3.8) is 0 Å². The molecule has 0 spiro atoms. The number of halogens is 2. The second-order valence-corrected chi connectivity index (χ2v) is 10.9. The molecular formula is C29H24Cl2N2O5. The lowest BCUT2D eigenvalue weighted by molar-refractivity contribution is -0.146. The van der Waals surface area contributed by atoms with E-state index in [-0.39, 0.29) is 0 Å². The number of hydrogen-bond donors (Lipinski definition) is 1. The van der Waals surface area contributed by atoms with E-state index in [9.17, 15) is 14.4 Å². The number of carbonyl (C=O) groups excluding carboxylic acids is 3. The van der Waals surface area contributed by atoms with Gasteiger partial charge in [0.2, 0.25) is 17.7 Å². The van der Waals surface area contributed by atoms with Gasteiger partial charge in [0.25, 0.3) is 0 Å². The van der Waals surface area contributed by atoms with Crippen LogP contribution in [0.1, 0.15) is 29.2 Å². The number of alkyl halides is 2. The Morgan fingerprint density at radius 2 is 1.32 bits per heavy atom. The van der Waals surface area contributed by atoms with E-state index < -0.39 is 45.3 Å². The molecule has 3 aromatic rings. The Labute approximate surface area is 229 Å². The summed E-state index contributed by atoms with van der Waals surface area (Å²) >= 11 is 14.9. The van der Waals surface area contributed by atoms with E-state index in [0.717, 1.165) is 4.90 Å². The molecule has 3 atom stereocenters. The number of methoxy groups -OCH3 is 2. The molecule has 7 rings (SSSR count). The van der Waals surface area contributed by atoms with Crippen molar-refractivity contribution in [2.45, 2.75) is 22.7 Å². The van der Waals surface area contributed by atoms with Crippen LogP contribution in [0.4, 0.5) is 5.69 Å². The number of ether oxygens (including phenoxy) is 2. The van der Waals surface area contributed by atoms with Gasteiger partial charge < -0.3 is 14.8 Å². The molecule has 38 heavy (non-hydrogen) atoms. The van der Waals surface area contributed by atoms with Crippen LogP contribution in [-0.2, 0) is 24.1 Å². The van der Waals surface area contributed by atoms with Crippen LogP contribution < -0.4 is 14.8 Å². The summed E-state index contributed by atoms with van der Waals surface area (Å²) in [6.45, 7) is 1.52. The first-order valence-corrected chi connectivity index (χ1v) is 12.9. The number of anilines is 1. The second kappa shape index (κ2) is 8.48. The Hall–Kier alpha value is -3.55. The molecule has 1 saturated heterocycles. The number of imide groups is 1. The van der Waals surface area contributed by atoms with Crippen LogP contribution in [0.3, 0.4) is 0 Å². The van der Waals surface area contributed by atoms with Crippen molar-refractivity contribution in [1.29, 1.82) is 0 Å². The third-order valence-electron chi connectivity index (χ3n) is 8.05. The monoisotopic (exact) mass is 550 g/mol. The Bertz CT molecular complexity index is 1400. The first-order valence-electron chi connectivity index (χ1n) is 12.2. The molecule has 3 aromatic carbocycles. The zero-order valence-corrected chi connectivity index (χ0v) is 22.3. The van der Waals surface area contributed by atoms with Gasteiger partial charge in [-0.05, 0) is 41.3 Å². The number of carbonyl (C=O) groups is 3. The zero-order chi connectivity index (χ0) is 27.0. The van der Waals surface area contributed by atoms with Gasteiger partial charge in [0, 0.05) is 6.07 Å². The lowest BCUT2D eigenvalue weighted by Gasteiger charge is -2.54. The number of benzene rings is 3. The van der Waals surface area contributed by atoms with Crippen LogP contribution in [0, 0.1) is 11.8 Å². The minimum Gasteiger partial charge on any atom is -0.497 e. The molecule has 194 valence electrons. The fourth-order valence-corrected chi connectivity index (χ4v) is 7.42. The molecule has 1 aliphatic heterocycles. The molecule has 1 N–H and O–H groups in total. The van der Waals surface area contributed by atoms with E-state index in [1.807, 2.05) is 48.5 Å². The van der Waals surface area contributed by atoms with Gasteiger partial charge in [-0.25, -0.2) is 0 Å². The topological polar surface area (TPSA) is 84.9 Å². The van der Waals surface area contributed by atoms with Crippen molar-refractivity contribution >= 4 is 46.6 Å². The third kappa shape index (κ3) is 3.00. The average molecular weight is 551 g/mol. The Kier molecular flexibility index (Phi) is 5.53. The number of amides is 3. The molecule has 9 heteroatoms. The minimum atomic E-state index is -1.30. The highest BCUT2D eigenvalue weighted by Gasteiger charge is 2.73. The minimum absolute atomic E-state index is 0.376. The summed E-state index contributed by atoms with van der Waals surface area (Å²) in [5, 5.41) is 2.77. The van der Waals surface area contributed by atoms with E-state index in [2.05, 4.69) is 5.32 Å². The fraction of sp³-hybridized carbons (Fsp3) is 0.276. The molecule has 0 unspecified atom stereocenters. The Morgan fingerprint density at radius 1 is 0.842 bits per heavy atom. The van der Waals surface area contributed by atoms with Crippen LogP contribution >= 0.6 is 23.2 Å². The van der Waals surface area contributed by atoms with Crippen molar-refractivity contribution in [3.05, 3.63) is 89.0 Å². The molecule has 0 radical (unpaired) electrons. The van der Waals surface area contributed by atoms with E-state index in [4.69, 9.17) is 32.7 Å². The van der Waals surface area contributed by atoms with Crippen LogP contribution in [0.25, 0.3) is 0 Å². The lowest BCUT2D eigenvalue weighted by Crippen LogP contribution is -2.57. The highest BCUT2D eigenvalue weighted by molar-refractivity contribution is 6.36. The largest absolute Gasteiger partial charge is 0.497 e. The van der Waals surface area contributed by atoms with Crippen LogP contribution in [-0.4, -0.2) is 42.9 Å². The maximum absolute atomic E-state index is 14.1. The number of likely N-dealkylation sites (tertiary alicyclic amines) is 1. The second-order valence-electron chi connectivity index (χ2n) is 9.75. The summed E-state index contributed by atoms with van der Waals surface area (Å²) in [7, 11) is 2.99. The molecular weight excluding hydrogens is 527 g/mol. The standard InChI is InChI=1S/C29H24Cl2N2O5/c1-15(25(34)32-21-13-12-16(37-2)14-22(21)38-3)33-26(35)23-24(27(33)36)29(31)18-9-5-4-8-17(18)28(23,30)19-10-6-7-11-20(19)29/h4-15,23-24H,1-3H3,(H,32,34)/t15-,23+,24+,28?,29?/m0/s1. The number of nitrogens with one attached hydrogen (secondary N) is 1. The predicted octanol–water partition coefficient (Wildman–Crippen LogP) is 4.62. The summed E-state index contributed by atoms with van der Waals surface area (Å²) < 4.78 is 10.6. The summed E-state index contributed by atoms with van der Waals surface area (Å²) in [6, 6.07) is 18.6. The molecule has 1 fully saturated rings. The highest BCUT2D eigenvalue weighted by Crippen LogP contribution is 2.69. The van der Waals surface area contributed by atoms with Gasteiger partial charge in [-0.1, -0.05) is 48.5 Å². The smallest absolute Gasteiger partial charge is 0.247 e. The first-order chi connectivity index (χ1) is 18.2. The van der Waals surface area contributed by atoms with Crippen LogP contribution in [0.2, 0.25) is 0 Å². The predicted molar refractivity (Wildman–Crippen MR) is 143 cm³/mol. The summed E-state index contributed by atoms with van der Waals surface area (Å²) in [6.07, 6.45) is 0. The van der Waals surface area contributed by atoms with Crippen LogP contribution in [0.5, 0.6) is 11.5 Å². The van der Waals surface area contributed by atoms with Gasteiger partial charge in [-0.2, -0.15) is 0 Å². The average Bonchev–Trinajstić information content (AvgIpc) is 3.22. The molecule has 2 bridgehead atoms. The summed E-state index contributed by atoms with van der Waals surface area (Å²) in [4.78, 5) is 39.9. The highest BCUT2D eigenvalue weighted by atomic mass is 35.5. The normalized spacial score (nSPS) is 27.3. The fourth-order valence-electron chi connectivity index (χ4n) is 6.33. The maximum atomic E-state index is 14.1. The SMILES string of the molecule is COc1ccc(NC(=O)[C@H](C)N2C(=O)[C@H]3[C@H](C2=O)C2(Cl)c4ccccc4C3(Cl)c3ccccc32)c(OC)c1. The Balaban J connectivity index is 1.41. The molecule has 4 aliphatic rings. The lowest BCUT2D eigenvalue weighted by atomic mass is 9.54. The van der Waals surface area contributed by atoms with Gasteiger partial charge in [0.05, 0.1) is 31.7 Å². The first kappa shape index (κ1) is 24.8. The van der Waals surface area contributed by atoms with Gasteiger partial charge in [0.15, 0.2) is 0 Å². The van der Waals surface area contributed by atoms with Crippen molar-refractivity contribution in [3.8, 4) is 11.5 Å². The van der Waals surface area contributed by atoms with Crippen molar-refractivity contribution in [1.82, 2.24) is 4.90 Å². The van der Waals surface area contributed by atoms with Gasteiger partial charge in [0.1, 0.15) is 27.3 Å². The summed E-state index contributed by atoms with van der Waals surface area (Å²) in [5.74, 6) is -2.60. The molecule has 0 saturated carbocycles.